The van der Waals surface area contributed by atoms with E-state index in [2.05, 4.69) is 0 Å². The minimum atomic E-state index is -3.20. The second kappa shape index (κ2) is 5.59. The largest absolute Gasteiger partial charge is 0.329 e. The highest BCUT2D eigenvalue weighted by molar-refractivity contribution is 7.90. The lowest BCUT2D eigenvalue weighted by Gasteiger charge is -2.46. The van der Waals surface area contributed by atoms with E-state index in [4.69, 9.17) is 0 Å². The highest BCUT2D eigenvalue weighted by Crippen LogP contribution is 2.31. The number of amides is 2. The van der Waals surface area contributed by atoms with Gasteiger partial charge >= 0.3 is 0 Å². The van der Waals surface area contributed by atoms with E-state index in [9.17, 15) is 18.0 Å². The summed E-state index contributed by atoms with van der Waals surface area (Å²) in [6.07, 6.45) is 2.67. The molecule has 0 aromatic carbocycles. The van der Waals surface area contributed by atoms with Crippen molar-refractivity contribution in [3.8, 4) is 0 Å². The van der Waals surface area contributed by atoms with Crippen molar-refractivity contribution in [2.45, 2.75) is 51.7 Å². The molecule has 3 atom stereocenters. The fourth-order valence-corrected chi connectivity index (χ4v) is 4.54. The molecule has 2 rings (SSSR count). The van der Waals surface area contributed by atoms with Gasteiger partial charge in [-0.15, -0.1) is 0 Å². The summed E-state index contributed by atoms with van der Waals surface area (Å²) >= 11 is 0. The number of carbonyl (C=O) groups is 2. The summed E-state index contributed by atoms with van der Waals surface area (Å²) in [6.45, 7) is 6.14. The molecule has 21 heavy (non-hydrogen) atoms. The summed E-state index contributed by atoms with van der Waals surface area (Å²) in [4.78, 5) is 28.6. The van der Waals surface area contributed by atoms with Gasteiger partial charge in [0.2, 0.25) is 11.8 Å². The standard InChI is InChI=1S/C14H24N2O4S/c1-9(2)12-14(18)15-7-5-6-11(15)13(17)16(12)10(3)8-21(4,19)20/h9-12H,5-8H2,1-4H3. The van der Waals surface area contributed by atoms with Crippen molar-refractivity contribution in [1.29, 1.82) is 0 Å². The molecule has 0 spiro atoms. The molecular formula is C14H24N2O4S. The van der Waals surface area contributed by atoms with Crippen LogP contribution in [0.3, 0.4) is 0 Å². The van der Waals surface area contributed by atoms with Crippen LogP contribution in [0.2, 0.25) is 0 Å². The van der Waals surface area contributed by atoms with Crippen LogP contribution in [0.15, 0.2) is 0 Å². The molecule has 2 amide bonds. The van der Waals surface area contributed by atoms with Crippen molar-refractivity contribution in [1.82, 2.24) is 9.80 Å². The lowest BCUT2D eigenvalue weighted by atomic mass is 9.94. The zero-order chi connectivity index (χ0) is 15.9. The van der Waals surface area contributed by atoms with Crippen molar-refractivity contribution in [3.05, 3.63) is 0 Å². The van der Waals surface area contributed by atoms with Crippen LogP contribution in [-0.2, 0) is 19.4 Å². The molecule has 2 heterocycles. The van der Waals surface area contributed by atoms with Gasteiger partial charge in [0.25, 0.3) is 0 Å². The Morgan fingerprint density at radius 2 is 1.81 bits per heavy atom. The van der Waals surface area contributed by atoms with Crippen LogP contribution < -0.4 is 0 Å². The summed E-state index contributed by atoms with van der Waals surface area (Å²) in [5, 5.41) is 0. The zero-order valence-electron chi connectivity index (χ0n) is 13.1. The van der Waals surface area contributed by atoms with E-state index in [-0.39, 0.29) is 23.5 Å². The second-order valence-corrected chi connectivity index (χ2v) is 8.75. The predicted octanol–water partition coefficient (Wildman–Crippen LogP) is 0.277. The van der Waals surface area contributed by atoms with Crippen molar-refractivity contribution in [2.24, 2.45) is 5.92 Å². The molecule has 0 aromatic rings. The van der Waals surface area contributed by atoms with Crippen LogP contribution >= 0.6 is 0 Å². The van der Waals surface area contributed by atoms with Crippen LogP contribution in [-0.4, -0.2) is 66.7 Å². The van der Waals surface area contributed by atoms with Crippen molar-refractivity contribution in [3.63, 3.8) is 0 Å². The normalized spacial score (nSPS) is 28.2. The van der Waals surface area contributed by atoms with Gasteiger partial charge < -0.3 is 9.80 Å². The van der Waals surface area contributed by atoms with E-state index in [1.54, 1.807) is 11.8 Å². The van der Waals surface area contributed by atoms with Gasteiger partial charge in [-0.3, -0.25) is 9.59 Å². The molecular weight excluding hydrogens is 292 g/mol. The molecule has 0 N–H and O–H groups in total. The molecule has 2 fully saturated rings. The molecule has 0 aliphatic carbocycles. The van der Waals surface area contributed by atoms with Gasteiger partial charge in [0.05, 0.1) is 5.75 Å². The van der Waals surface area contributed by atoms with E-state index in [0.29, 0.717) is 13.0 Å². The third-order valence-electron chi connectivity index (χ3n) is 4.28. The van der Waals surface area contributed by atoms with E-state index in [1.807, 2.05) is 13.8 Å². The van der Waals surface area contributed by atoms with Crippen molar-refractivity contribution in [2.75, 3.05) is 18.6 Å². The SMILES string of the molecule is CC(C)C1C(=O)N2CCCC2C(=O)N1C(C)CS(C)(=O)=O. The van der Waals surface area contributed by atoms with Gasteiger partial charge in [-0.25, -0.2) is 8.42 Å². The fourth-order valence-electron chi connectivity index (χ4n) is 3.50. The molecule has 0 bridgehead atoms. The Bertz CT molecular complexity index is 543. The summed E-state index contributed by atoms with van der Waals surface area (Å²) in [5.74, 6) is -0.276. The lowest BCUT2D eigenvalue weighted by Crippen LogP contribution is -2.66. The molecule has 0 aromatic heterocycles. The molecule has 0 saturated carbocycles. The topological polar surface area (TPSA) is 74.8 Å². The highest BCUT2D eigenvalue weighted by Gasteiger charge is 2.50. The molecule has 3 unspecified atom stereocenters. The lowest BCUT2D eigenvalue weighted by molar-refractivity contribution is -0.163. The summed E-state index contributed by atoms with van der Waals surface area (Å²) in [6, 6.07) is -1.43. The molecule has 2 aliphatic heterocycles. The van der Waals surface area contributed by atoms with Gasteiger partial charge in [-0.1, -0.05) is 13.8 Å². The molecule has 6 nitrogen and oxygen atoms in total. The number of rotatable bonds is 4. The first-order chi connectivity index (χ1) is 9.63. The van der Waals surface area contributed by atoms with Crippen LogP contribution in [0.5, 0.6) is 0 Å². The molecule has 120 valence electrons. The number of sulfone groups is 1. The monoisotopic (exact) mass is 316 g/mol. The summed E-state index contributed by atoms with van der Waals surface area (Å²) < 4.78 is 23.1. The average molecular weight is 316 g/mol. The Labute approximate surface area is 126 Å². The van der Waals surface area contributed by atoms with Gasteiger partial charge in [-0.05, 0) is 25.7 Å². The van der Waals surface area contributed by atoms with Crippen LogP contribution in [0.4, 0.5) is 0 Å². The minimum Gasteiger partial charge on any atom is -0.329 e. The maximum Gasteiger partial charge on any atom is 0.246 e. The third-order valence-corrected chi connectivity index (χ3v) is 5.37. The maximum absolute atomic E-state index is 12.7. The first-order valence-electron chi connectivity index (χ1n) is 7.44. The van der Waals surface area contributed by atoms with Crippen LogP contribution in [0.1, 0.15) is 33.6 Å². The van der Waals surface area contributed by atoms with Crippen LogP contribution in [0.25, 0.3) is 0 Å². The Hall–Kier alpha value is -1.11. The van der Waals surface area contributed by atoms with Gasteiger partial charge in [0.1, 0.15) is 21.9 Å². The van der Waals surface area contributed by atoms with Crippen LogP contribution in [0, 0.1) is 5.92 Å². The van der Waals surface area contributed by atoms with Crippen molar-refractivity contribution >= 4 is 21.7 Å². The Morgan fingerprint density at radius 3 is 2.33 bits per heavy atom. The number of fused-ring (bicyclic) bond motifs is 1. The molecule has 0 radical (unpaired) electrons. The third kappa shape index (κ3) is 3.07. The Balaban J connectivity index is 2.34. The van der Waals surface area contributed by atoms with E-state index in [1.165, 1.54) is 4.90 Å². The number of carbonyl (C=O) groups excluding carboxylic acids is 2. The average Bonchev–Trinajstić information content (AvgIpc) is 2.79. The number of nitrogens with zero attached hydrogens (tertiary/aromatic N) is 2. The Morgan fingerprint density at radius 1 is 1.19 bits per heavy atom. The van der Waals surface area contributed by atoms with E-state index in [0.717, 1.165) is 12.7 Å². The van der Waals surface area contributed by atoms with Gasteiger partial charge in [0, 0.05) is 18.8 Å². The fraction of sp³-hybridized carbons (Fsp3) is 0.857. The van der Waals surface area contributed by atoms with E-state index < -0.39 is 28.0 Å². The minimum absolute atomic E-state index is 0.0348. The highest BCUT2D eigenvalue weighted by atomic mass is 32.2. The maximum atomic E-state index is 12.7. The predicted molar refractivity (Wildman–Crippen MR) is 79.4 cm³/mol. The molecule has 2 aliphatic rings. The first-order valence-corrected chi connectivity index (χ1v) is 9.50. The van der Waals surface area contributed by atoms with E-state index >= 15 is 0 Å². The van der Waals surface area contributed by atoms with Gasteiger partial charge in [0.15, 0.2) is 0 Å². The quantitative estimate of drug-likeness (QED) is 0.746. The molecule has 7 heteroatoms. The number of piperazine rings is 1. The first kappa shape index (κ1) is 16.3. The summed E-state index contributed by atoms with van der Waals surface area (Å²) in [7, 11) is -3.20. The number of hydrogen-bond donors (Lipinski definition) is 0. The van der Waals surface area contributed by atoms with Gasteiger partial charge in [-0.2, -0.15) is 0 Å². The number of hydrogen-bond acceptors (Lipinski definition) is 4. The molecule has 2 saturated heterocycles. The zero-order valence-corrected chi connectivity index (χ0v) is 13.9. The summed E-state index contributed by atoms with van der Waals surface area (Å²) in [5.41, 5.74) is 0. The smallest absolute Gasteiger partial charge is 0.246 e. The van der Waals surface area contributed by atoms with Crippen molar-refractivity contribution < 1.29 is 18.0 Å². The second-order valence-electron chi connectivity index (χ2n) is 6.57. The Kier molecular flexibility index (Phi) is 4.33.